The van der Waals surface area contributed by atoms with Crippen molar-refractivity contribution < 1.29 is 22.3 Å². The Morgan fingerprint density at radius 3 is 2.67 bits per heavy atom. The standard InChI is InChI=1S/C11H14F4N2O/c1-3-16-5-8-4-9(12)6-17-10(8)18-7(2)11(13,14)15/h4,6-7,16H,3,5H2,1-2H3. The third kappa shape index (κ3) is 4.14. The molecule has 1 unspecified atom stereocenters. The molecule has 0 aliphatic rings. The van der Waals surface area contributed by atoms with Crippen LogP contribution in [0.15, 0.2) is 12.3 Å². The number of hydrogen-bond donors (Lipinski definition) is 1. The lowest BCUT2D eigenvalue weighted by Crippen LogP contribution is -2.32. The molecule has 0 aliphatic carbocycles. The zero-order valence-corrected chi connectivity index (χ0v) is 10.0. The zero-order valence-electron chi connectivity index (χ0n) is 10.0. The summed E-state index contributed by atoms with van der Waals surface area (Å²) < 4.78 is 54.8. The van der Waals surface area contributed by atoms with Crippen molar-refractivity contribution in [3.8, 4) is 5.88 Å². The average molecular weight is 266 g/mol. The molecule has 0 aliphatic heterocycles. The average Bonchev–Trinajstić information content (AvgIpc) is 2.28. The van der Waals surface area contributed by atoms with Gasteiger partial charge in [0, 0.05) is 12.1 Å². The smallest absolute Gasteiger partial charge is 0.425 e. The Morgan fingerprint density at radius 2 is 2.11 bits per heavy atom. The molecule has 1 rings (SSSR count). The third-order valence-corrected chi connectivity index (χ3v) is 2.21. The van der Waals surface area contributed by atoms with E-state index in [9.17, 15) is 17.6 Å². The van der Waals surface area contributed by atoms with Gasteiger partial charge in [-0.25, -0.2) is 9.37 Å². The van der Waals surface area contributed by atoms with Gasteiger partial charge in [0.25, 0.3) is 0 Å². The summed E-state index contributed by atoms with van der Waals surface area (Å²) in [6.07, 6.45) is -5.64. The van der Waals surface area contributed by atoms with Gasteiger partial charge in [-0.2, -0.15) is 13.2 Å². The van der Waals surface area contributed by atoms with Crippen LogP contribution in [-0.4, -0.2) is 23.8 Å². The lowest BCUT2D eigenvalue weighted by Gasteiger charge is -2.18. The van der Waals surface area contributed by atoms with Crippen LogP contribution in [0, 0.1) is 5.82 Å². The summed E-state index contributed by atoms with van der Waals surface area (Å²) in [7, 11) is 0. The van der Waals surface area contributed by atoms with Gasteiger partial charge in [0.15, 0.2) is 6.10 Å². The summed E-state index contributed by atoms with van der Waals surface area (Å²) in [5, 5.41) is 2.88. The quantitative estimate of drug-likeness (QED) is 0.832. The van der Waals surface area contributed by atoms with Gasteiger partial charge in [0.05, 0.1) is 6.20 Å². The van der Waals surface area contributed by atoms with Gasteiger partial charge in [-0.15, -0.1) is 0 Å². The summed E-state index contributed by atoms with van der Waals surface area (Å²) in [6, 6.07) is 1.11. The number of aromatic nitrogens is 1. The summed E-state index contributed by atoms with van der Waals surface area (Å²) in [6.45, 7) is 3.50. The Hall–Kier alpha value is -1.37. The highest BCUT2D eigenvalue weighted by Gasteiger charge is 2.38. The van der Waals surface area contributed by atoms with Crippen molar-refractivity contribution in [2.75, 3.05) is 6.54 Å². The highest BCUT2D eigenvalue weighted by atomic mass is 19.4. The van der Waals surface area contributed by atoms with Crippen LogP contribution in [0.5, 0.6) is 5.88 Å². The van der Waals surface area contributed by atoms with Gasteiger partial charge >= 0.3 is 6.18 Å². The molecule has 1 N–H and O–H groups in total. The fourth-order valence-electron chi connectivity index (χ4n) is 1.20. The number of nitrogens with zero attached hydrogens (tertiary/aromatic N) is 1. The first-order valence-electron chi connectivity index (χ1n) is 5.43. The second-order valence-corrected chi connectivity index (χ2v) is 3.70. The fourth-order valence-corrected chi connectivity index (χ4v) is 1.20. The third-order valence-electron chi connectivity index (χ3n) is 2.21. The Labute approximate surface area is 102 Å². The van der Waals surface area contributed by atoms with Crippen LogP contribution in [0.3, 0.4) is 0 Å². The van der Waals surface area contributed by atoms with E-state index in [1.807, 2.05) is 6.92 Å². The number of pyridine rings is 1. The maximum absolute atomic E-state index is 13.0. The molecule has 0 fully saturated rings. The van der Waals surface area contributed by atoms with Crippen molar-refractivity contribution in [2.24, 2.45) is 0 Å². The number of ether oxygens (including phenoxy) is 1. The molecule has 0 saturated carbocycles. The van der Waals surface area contributed by atoms with Crippen molar-refractivity contribution in [3.05, 3.63) is 23.6 Å². The van der Waals surface area contributed by atoms with E-state index in [-0.39, 0.29) is 18.0 Å². The van der Waals surface area contributed by atoms with Crippen LogP contribution >= 0.6 is 0 Å². The van der Waals surface area contributed by atoms with E-state index in [4.69, 9.17) is 4.74 Å². The molecule has 7 heteroatoms. The number of hydrogen-bond acceptors (Lipinski definition) is 3. The topological polar surface area (TPSA) is 34.2 Å². The van der Waals surface area contributed by atoms with E-state index < -0.39 is 18.1 Å². The SMILES string of the molecule is CCNCc1cc(F)cnc1OC(C)C(F)(F)F. The highest BCUT2D eigenvalue weighted by Crippen LogP contribution is 2.26. The minimum Gasteiger partial charge on any atom is -0.465 e. The van der Waals surface area contributed by atoms with Gasteiger partial charge in [-0.05, 0) is 19.5 Å². The minimum absolute atomic E-state index is 0.196. The number of rotatable bonds is 5. The molecule has 1 heterocycles. The van der Waals surface area contributed by atoms with Crippen molar-refractivity contribution in [3.63, 3.8) is 0 Å². The number of nitrogens with one attached hydrogen (secondary N) is 1. The van der Waals surface area contributed by atoms with Crippen molar-refractivity contribution in [1.82, 2.24) is 10.3 Å². The van der Waals surface area contributed by atoms with E-state index in [0.29, 0.717) is 6.54 Å². The molecule has 0 amide bonds. The maximum atomic E-state index is 13.0. The molecule has 3 nitrogen and oxygen atoms in total. The molecule has 18 heavy (non-hydrogen) atoms. The molecular weight excluding hydrogens is 252 g/mol. The predicted octanol–water partition coefficient (Wildman–Crippen LogP) is 2.66. The predicted molar refractivity (Wildman–Crippen MR) is 57.7 cm³/mol. The van der Waals surface area contributed by atoms with Crippen molar-refractivity contribution in [1.29, 1.82) is 0 Å². The van der Waals surface area contributed by atoms with Crippen LogP contribution in [-0.2, 0) is 6.54 Å². The second kappa shape index (κ2) is 5.99. The number of alkyl halides is 3. The van der Waals surface area contributed by atoms with Gasteiger partial charge < -0.3 is 10.1 Å². The fraction of sp³-hybridized carbons (Fsp3) is 0.545. The lowest BCUT2D eigenvalue weighted by molar-refractivity contribution is -0.190. The lowest BCUT2D eigenvalue weighted by atomic mass is 10.2. The van der Waals surface area contributed by atoms with Crippen LogP contribution < -0.4 is 10.1 Å². The Bertz CT molecular complexity index is 395. The Balaban J connectivity index is 2.87. The number of halogens is 4. The first-order chi connectivity index (χ1) is 8.34. The van der Waals surface area contributed by atoms with Gasteiger partial charge in [0.2, 0.25) is 5.88 Å². The van der Waals surface area contributed by atoms with E-state index in [1.165, 1.54) is 0 Å². The zero-order chi connectivity index (χ0) is 13.8. The van der Waals surface area contributed by atoms with E-state index in [2.05, 4.69) is 10.3 Å². The summed E-state index contributed by atoms with van der Waals surface area (Å²) >= 11 is 0. The molecule has 1 aromatic rings. The summed E-state index contributed by atoms with van der Waals surface area (Å²) in [4.78, 5) is 3.55. The molecule has 0 spiro atoms. The van der Waals surface area contributed by atoms with Gasteiger partial charge in [-0.1, -0.05) is 6.92 Å². The molecule has 0 aromatic carbocycles. The van der Waals surface area contributed by atoms with Gasteiger partial charge in [-0.3, -0.25) is 0 Å². The molecule has 0 saturated heterocycles. The van der Waals surface area contributed by atoms with E-state index >= 15 is 0 Å². The molecule has 1 atom stereocenters. The summed E-state index contributed by atoms with van der Waals surface area (Å²) in [5.74, 6) is -0.822. The van der Waals surface area contributed by atoms with Crippen molar-refractivity contribution in [2.45, 2.75) is 32.7 Å². The molecule has 0 bridgehead atoms. The largest absolute Gasteiger partial charge is 0.465 e. The molecule has 102 valence electrons. The Morgan fingerprint density at radius 1 is 1.44 bits per heavy atom. The molecule has 1 aromatic heterocycles. The van der Waals surface area contributed by atoms with Gasteiger partial charge in [0.1, 0.15) is 5.82 Å². The molecule has 0 radical (unpaired) electrons. The second-order valence-electron chi connectivity index (χ2n) is 3.70. The molecular formula is C11H14F4N2O. The van der Waals surface area contributed by atoms with Crippen LogP contribution in [0.1, 0.15) is 19.4 Å². The van der Waals surface area contributed by atoms with Crippen molar-refractivity contribution >= 4 is 0 Å². The van der Waals surface area contributed by atoms with Crippen LogP contribution in [0.2, 0.25) is 0 Å². The Kier molecular flexibility index (Phi) is 4.89. The summed E-state index contributed by atoms with van der Waals surface area (Å²) in [5.41, 5.74) is 0.257. The van der Waals surface area contributed by atoms with E-state index in [1.54, 1.807) is 0 Å². The first kappa shape index (κ1) is 14.7. The van der Waals surface area contributed by atoms with E-state index in [0.717, 1.165) is 19.2 Å². The normalized spacial score (nSPS) is 13.4. The van der Waals surface area contributed by atoms with Crippen LogP contribution in [0.25, 0.3) is 0 Å². The van der Waals surface area contributed by atoms with Crippen LogP contribution in [0.4, 0.5) is 17.6 Å². The minimum atomic E-state index is -4.48. The highest BCUT2D eigenvalue weighted by molar-refractivity contribution is 5.26. The monoisotopic (exact) mass is 266 g/mol. The maximum Gasteiger partial charge on any atom is 0.425 e. The first-order valence-corrected chi connectivity index (χ1v) is 5.43.